The van der Waals surface area contributed by atoms with Crippen molar-refractivity contribution in [1.82, 2.24) is 19.9 Å². The van der Waals surface area contributed by atoms with Crippen LogP contribution in [0.15, 0.2) is 35.3 Å². The number of benzene rings is 1. The second-order valence-electron chi connectivity index (χ2n) is 6.09. The average molecular weight is 389 g/mol. The van der Waals surface area contributed by atoms with E-state index < -0.39 is 0 Å². The molecule has 8 heteroatoms. The van der Waals surface area contributed by atoms with Crippen molar-refractivity contribution in [2.75, 3.05) is 20.3 Å². The first kappa shape index (κ1) is 19.1. The van der Waals surface area contributed by atoms with E-state index in [1.807, 2.05) is 19.1 Å². The fraction of sp³-hybridized carbons (Fsp3) is 0.316. The molecule has 2 heterocycles. The standard InChI is InChI=1S/C19H21ClN4O3/c1-3-16-14(10-12-4-6-13(20)7-5-12)19(26)24-17(23-16)15(11-22-24)18(25)21-8-9-27-2/h4-7,11,22H,3,8-10H2,1-2H3,(H,21,25). The molecule has 142 valence electrons. The number of rotatable bonds is 7. The number of aromatic amines is 1. The molecule has 0 saturated heterocycles. The molecule has 27 heavy (non-hydrogen) atoms. The van der Waals surface area contributed by atoms with E-state index in [-0.39, 0.29) is 11.5 Å². The van der Waals surface area contributed by atoms with E-state index in [4.69, 9.17) is 16.3 Å². The number of aryl methyl sites for hydroxylation is 1. The van der Waals surface area contributed by atoms with Crippen LogP contribution in [0.25, 0.3) is 5.65 Å². The van der Waals surface area contributed by atoms with Crippen LogP contribution in [0.3, 0.4) is 0 Å². The zero-order valence-corrected chi connectivity index (χ0v) is 16.0. The molecule has 0 saturated carbocycles. The molecule has 0 fully saturated rings. The number of nitrogens with zero attached hydrogens (tertiary/aromatic N) is 2. The molecule has 7 nitrogen and oxygen atoms in total. The van der Waals surface area contributed by atoms with E-state index in [0.29, 0.717) is 53.5 Å². The normalized spacial score (nSPS) is 11.1. The molecule has 2 N–H and O–H groups in total. The lowest BCUT2D eigenvalue weighted by molar-refractivity contribution is 0.0938. The van der Waals surface area contributed by atoms with Crippen LogP contribution in [0.1, 0.15) is 34.1 Å². The largest absolute Gasteiger partial charge is 0.383 e. The molecule has 0 aliphatic heterocycles. The van der Waals surface area contributed by atoms with Crippen LogP contribution in [0.2, 0.25) is 5.02 Å². The Bertz CT molecular complexity index is 1010. The highest BCUT2D eigenvalue weighted by molar-refractivity contribution is 6.30. The smallest absolute Gasteiger partial charge is 0.276 e. The summed E-state index contributed by atoms with van der Waals surface area (Å²) in [4.78, 5) is 29.9. The Kier molecular flexibility index (Phi) is 5.93. The third-order valence-corrected chi connectivity index (χ3v) is 4.56. The number of halogens is 1. The molecule has 0 radical (unpaired) electrons. The van der Waals surface area contributed by atoms with Gasteiger partial charge in [0.1, 0.15) is 5.56 Å². The predicted octanol–water partition coefficient (Wildman–Crippen LogP) is 2.21. The number of hydrogen-bond donors (Lipinski definition) is 2. The molecule has 0 atom stereocenters. The number of carbonyl (C=O) groups is 1. The minimum absolute atomic E-state index is 0.206. The third-order valence-electron chi connectivity index (χ3n) is 4.31. The molecule has 0 aliphatic carbocycles. The van der Waals surface area contributed by atoms with Crippen LogP contribution < -0.4 is 10.9 Å². The second-order valence-corrected chi connectivity index (χ2v) is 6.53. The first-order valence-corrected chi connectivity index (χ1v) is 9.06. The maximum Gasteiger partial charge on any atom is 0.276 e. The Balaban J connectivity index is 1.99. The zero-order valence-electron chi connectivity index (χ0n) is 15.2. The number of methoxy groups -OCH3 is 1. The number of aromatic nitrogens is 3. The third kappa shape index (κ3) is 4.04. The first-order chi connectivity index (χ1) is 13.0. The molecular weight excluding hydrogens is 368 g/mol. The molecule has 1 aromatic carbocycles. The van der Waals surface area contributed by atoms with E-state index in [0.717, 1.165) is 5.56 Å². The van der Waals surface area contributed by atoms with Crippen molar-refractivity contribution in [2.24, 2.45) is 0 Å². The summed E-state index contributed by atoms with van der Waals surface area (Å²) in [5.74, 6) is -0.301. The van der Waals surface area contributed by atoms with Gasteiger partial charge < -0.3 is 10.1 Å². The topological polar surface area (TPSA) is 88.5 Å². The quantitative estimate of drug-likeness (QED) is 0.607. The predicted molar refractivity (Wildman–Crippen MR) is 104 cm³/mol. The van der Waals surface area contributed by atoms with Gasteiger partial charge in [0.25, 0.3) is 11.5 Å². The number of H-pyrrole nitrogens is 1. The van der Waals surface area contributed by atoms with Gasteiger partial charge in [0, 0.05) is 36.9 Å². The summed E-state index contributed by atoms with van der Waals surface area (Å²) in [5.41, 5.74) is 2.70. The van der Waals surface area contributed by atoms with Crippen molar-refractivity contribution in [1.29, 1.82) is 0 Å². The summed E-state index contributed by atoms with van der Waals surface area (Å²) in [7, 11) is 1.56. The minimum atomic E-state index is -0.301. The molecule has 3 rings (SSSR count). The van der Waals surface area contributed by atoms with Gasteiger partial charge in [-0.1, -0.05) is 30.7 Å². The van der Waals surface area contributed by atoms with Crippen LogP contribution in [0, 0.1) is 0 Å². The van der Waals surface area contributed by atoms with Gasteiger partial charge in [0.15, 0.2) is 5.65 Å². The number of ether oxygens (including phenoxy) is 1. The van der Waals surface area contributed by atoms with Crippen molar-refractivity contribution < 1.29 is 9.53 Å². The van der Waals surface area contributed by atoms with Gasteiger partial charge in [-0.3, -0.25) is 14.7 Å². The number of carbonyl (C=O) groups excluding carboxylic acids is 1. The van der Waals surface area contributed by atoms with Crippen molar-refractivity contribution >= 4 is 23.2 Å². The summed E-state index contributed by atoms with van der Waals surface area (Å²) in [6.07, 6.45) is 2.53. The van der Waals surface area contributed by atoms with Gasteiger partial charge in [0.05, 0.1) is 12.3 Å². The van der Waals surface area contributed by atoms with Gasteiger partial charge in [0.2, 0.25) is 0 Å². The summed E-state index contributed by atoms with van der Waals surface area (Å²) in [6.45, 7) is 2.73. The van der Waals surface area contributed by atoms with Gasteiger partial charge in [-0.25, -0.2) is 9.50 Å². The summed E-state index contributed by atoms with van der Waals surface area (Å²) in [6, 6.07) is 7.37. The van der Waals surface area contributed by atoms with Crippen LogP contribution in [-0.2, 0) is 17.6 Å². The van der Waals surface area contributed by atoms with Gasteiger partial charge >= 0.3 is 0 Å². The van der Waals surface area contributed by atoms with Crippen molar-refractivity contribution in [3.05, 3.63) is 68.2 Å². The van der Waals surface area contributed by atoms with Crippen molar-refractivity contribution in [3.8, 4) is 0 Å². The Morgan fingerprint density at radius 2 is 2.07 bits per heavy atom. The Hall–Kier alpha value is -2.64. The molecule has 0 aliphatic rings. The molecule has 3 aromatic rings. The maximum atomic E-state index is 13.0. The monoisotopic (exact) mass is 388 g/mol. The van der Waals surface area contributed by atoms with E-state index in [2.05, 4.69) is 15.4 Å². The van der Waals surface area contributed by atoms with Gasteiger partial charge in [-0.15, -0.1) is 0 Å². The van der Waals surface area contributed by atoms with Crippen molar-refractivity contribution in [2.45, 2.75) is 19.8 Å². The molecule has 1 amide bonds. The van der Waals surface area contributed by atoms with E-state index >= 15 is 0 Å². The lowest BCUT2D eigenvalue weighted by Crippen LogP contribution is -2.28. The number of fused-ring (bicyclic) bond motifs is 1. The van der Waals surface area contributed by atoms with Crippen LogP contribution in [-0.4, -0.2) is 40.8 Å². The summed E-state index contributed by atoms with van der Waals surface area (Å²) >= 11 is 5.93. The van der Waals surface area contributed by atoms with Gasteiger partial charge in [-0.05, 0) is 24.1 Å². The first-order valence-electron chi connectivity index (χ1n) is 8.68. The van der Waals surface area contributed by atoms with E-state index in [1.165, 1.54) is 10.7 Å². The highest BCUT2D eigenvalue weighted by Crippen LogP contribution is 2.16. The number of hydrogen-bond acceptors (Lipinski definition) is 4. The van der Waals surface area contributed by atoms with Gasteiger partial charge in [-0.2, -0.15) is 0 Å². The number of nitrogens with one attached hydrogen (secondary N) is 2. The molecular formula is C19H21ClN4O3. The molecule has 0 spiro atoms. The highest BCUT2D eigenvalue weighted by Gasteiger charge is 2.19. The van der Waals surface area contributed by atoms with E-state index in [9.17, 15) is 9.59 Å². The van der Waals surface area contributed by atoms with Crippen LogP contribution in [0.5, 0.6) is 0 Å². The summed E-state index contributed by atoms with van der Waals surface area (Å²) in [5, 5.41) is 6.23. The average Bonchev–Trinajstić information content (AvgIpc) is 3.09. The summed E-state index contributed by atoms with van der Waals surface area (Å²) < 4.78 is 6.25. The number of amides is 1. The Morgan fingerprint density at radius 1 is 1.33 bits per heavy atom. The highest BCUT2D eigenvalue weighted by atomic mass is 35.5. The van der Waals surface area contributed by atoms with E-state index in [1.54, 1.807) is 19.2 Å². The maximum absolute atomic E-state index is 13.0. The minimum Gasteiger partial charge on any atom is -0.383 e. The Morgan fingerprint density at radius 3 is 2.74 bits per heavy atom. The lowest BCUT2D eigenvalue weighted by Gasteiger charge is -2.09. The van der Waals surface area contributed by atoms with Crippen molar-refractivity contribution in [3.63, 3.8) is 0 Å². The zero-order chi connectivity index (χ0) is 19.4. The molecule has 2 aromatic heterocycles. The fourth-order valence-corrected chi connectivity index (χ4v) is 3.03. The van der Waals surface area contributed by atoms with Crippen LogP contribution >= 0.6 is 11.6 Å². The lowest BCUT2D eigenvalue weighted by atomic mass is 10.0. The molecule has 0 bridgehead atoms. The SMILES string of the molecule is CCc1nc2c(C(=O)NCCOC)c[nH]n2c(=O)c1Cc1ccc(Cl)cc1. The second kappa shape index (κ2) is 8.37. The Labute approximate surface area is 161 Å². The van der Waals surface area contributed by atoms with Crippen LogP contribution in [0.4, 0.5) is 0 Å². The molecule has 0 unspecified atom stereocenters. The fourth-order valence-electron chi connectivity index (χ4n) is 2.90.